The molecule has 22 heavy (non-hydrogen) atoms. The Bertz CT molecular complexity index is 501. The molecular formula is C16H24F2N2OS. The van der Waals surface area contributed by atoms with Crippen LogP contribution in [0.25, 0.3) is 0 Å². The summed E-state index contributed by atoms with van der Waals surface area (Å²) in [7, 11) is 0. The van der Waals surface area contributed by atoms with Gasteiger partial charge >= 0.3 is 0 Å². The van der Waals surface area contributed by atoms with E-state index < -0.39 is 13.0 Å². The van der Waals surface area contributed by atoms with Crippen LogP contribution in [0, 0.1) is 0 Å². The van der Waals surface area contributed by atoms with Gasteiger partial charge in [0.15, 0.2) is 6.61 Å². The molecule has 1 aliphatic carbocycles. The van der Waals surface area contributed by atoms with Gasteiger partial charge in [0.2, 0.25) is 5.88 Å². The molecule has 0 amide bonds. The Hall–Kier alpha value is -0.880. The van der Waals surface area contributed by atoms with E-state index in [2.05, 4.69) is 37.4 Å². The Morgan fingerprint density at radius 3 is 2.64 bits per heavy atom. The third-order valence-electron chi connectivity index (χ3n) is 3.31. The first kappa shape index (κ1) is 17.5. The zero-order chi connectivity index (χ0) is 16.3. The maximum absolute atomic E-state index is 12.3. The Morgan fingerprint density at radius 1 is 1.41 bits per heavy atom. The van der Waals surface area contributed by atoms with Crippen molar-refractivity contribution in [3.63, 3.8) is 0 Å². The average Bonchev–Trinajstić information content (AvgIpc) is 3.26. The van der Waals surface area contributed by atoms with Gasteiger partial charge in [0, 0.05) is 22.5 Å². The molecule has 1 saturated carbocycles. The summed E-state index contributed by atoms with van der Waals surface area (Å²) >= 11 is 1.68. The Balaban J connectivity index is 2.08. The Morgan fingerprint density at radius 2 is 2.09 bits per heavy atom. The Labute approximate surface area is 135 Å². The predicted octanol–water partition coefficient (Wildman–Crippen LogP) is 4.70. The van der Waals surface area contributed by atoms with Crippen LogP contribution in [0.4, 0.5) is 8.78 Å². The number of rotatable bonds is 7. The molecule has 1 atom stereocenters. The fourth-order valence-corrected chi connectivity index (χ4v) is 2.67. The van der Waals surface area contributed by atoms with Crippen LogP contribution in [-0.2, 0) is 0 Å². The van der Waals surface area contributed by atoms with Crippen molar-refractivity contribution in [1.82, 2.24) is 9.71 Å². The topological polar surface area (TPSA) is 34.2 Å². The molecule has 1 aromatic heterocycles. The van der Waals surface area contributed by atoms with Crippen molar-refractivity contribution in [2.75, 3.05) is 6.61 Å². The normalized spacial score (nSPS) is 16.9. The van der Waals surface area contributed by atoms with Crippen LogP contribution in [0.1, 0.15) is 63.6 Å². The first-order valence-corrected chi connectivity index (χ1v) is 8.42. The summed E-state index contributed by atoms with van der Waals surface area (Å²) in [5.74, 6) is 0.768. The van der Waals surface area contributed by atoms with E-state index in [4.69, 9.17) is 4.74 Å². The van der Waals surface area contributed by atoms with Crippen LogP contribution >= 0.6 is 11.9 Å². The molecule has 1 aromatic rings. The molecule has 0 aromatic carbocycles. The molecule has 3 nitrogen and oxygen atoms in total. The van der Waals surface area contributed by atoms with Gasteiger partial charge in [0.1, 0.15) is 0 Å². The molecule has 1 unspecified atom stereocenters. The largest absolute Gasteiger partial charge is 0.471 e. The molecule has 0 aliphatic heterocycles. The molecule has 0 spiro atoms. The van der Waals surface area contributed by atoms with Gasteiger partial charge in [-0.1, -0.05) is 11.9 Å². The maximum atomic E-state index is 12.3. The highest BCUT2D eigenvalue weighted by molar-refractivity contribution is 7.98. The Kier molecular flexibility index (Phi) is 5.66. The lowest BCUT2D eigenvalue weighted by Gasteiger charge is -2.22. The van der Waals surface area contributed by atoms with E-state index in [0.29, 0.717) is 11.8 Å². The molecule has 124 valence electrons. The lowest BCUT2D eigenvalue weighted by molar-refractivity contribution is 0.0790. The minimum atomic E-state index is -2.47. The van der Waals surface area contributed by atoms with Gasteiger partial charge in [-0.15, -0.1) is 0 Å². The van der Waals surface area contributed by atoms with Crippen LogP contribution in [-0.4, -0.2) is 22.8 Å². The SMILES string of the molecule is CC(NSC(C)(C)C)c1cnc(OCC(F)F)c(C2CC2)c1. The van der Waals surface area contributed by atoms with Gasteiger partial charge < -0.3 is 4.74 Å². The standard InChI is InChI=1S/C16H24F2N2OS/c1-10(20-22-16(2,3)4)12-7-13(11-5-6-11)15(19-8-12)21-9-14(17)18/h7-8,10-11,14,20H,5-6,9H2,1-4H3. The zero-order valence-corrected chi connectivity index (χ0v) is 14.3. The molecule has 1 aliphatic rings. The van der Waals surface area contributed by atoms with Crippen molar-refractivity contribution in [2.24, 2.45) is 0 Å². The van der Waals surface area contributed by atoms with Gasteiger partial charge in [0.05, 0.1) is 0 Å². The first-order valence-electron chi connectivity index (χ1n) is 7.60. The van der Waals surface area contributed by atoms with E-state index in [9.17, 15) is 8.78 Å². The van der Waals surface area contributed by atoms with Crippen molar-refractivity contribution in [3.05, 3.63) is 23.4 Å². The van der Waals surface area contributed by atoms with Crippen LogP contribution in [0.2, 0.25) is 0 Å². The number of alkyl halides is 2. The molecule has 2 rings (SSSR count). The summed E-state index contributed by atoms with van der Waals surface area (Å²) in [5.41, 5.74) is 2.02. The number of aromatic nitrogens is 1. The molecule has 0 saturated heterocycles. The van der Waals surface area contributed by atoms with Gasteiger partial charge in [-0.3, -0.25) is 4.72 Å². The lowest BCUT2D eigenvalue weighted by Crippen LogP contribution is -2.20. The summed E-state index contributed by atoms with van der Waals surface area (Å²) in [6, 6.07) is 2.19. The molecule has 1 N–H and O–H groups in total. The van der Waals surface area contributed by atoms with E-state index in [0.717, 1.165) is 24.0 Å². The lowest BCUT2D eigenvalue weighted by atomic mass is 10.1. The second kappa shape index (κ2) is 7.13. The van der Waals surface area contributed by atoms with E-state index >= 15 is 0 Å². The van der Waals surface area contributed by atoms with Crippen LogP contribution in [0.3, 0.4) is 0 Å². The van der Waals surface area contributed by atoms with Crippen molar-refractivity contribution < 1.29 is 13.5 Å². The van der Waals surface area contributed by atoms with Crippen molar-refractivity contribution >= 4 is 11.9 Å². The highest BCUT2D eigenvalue weighted by Gasteiger charge is 2.29. The number of nitrogens with zero attached hydrogens (tertiary/aromatic N) is 1. The third-order valence-corrected chi connectivity index (χ3v) is 4.39. The summed E-state index contributed by atoms with van der Waals surface area (Å²) in [4.78, 5) is 4.27. The van der Waals surface area contributed by atoms with Crippen LogP contribution in [0.5, 0.6) is 5.88 Å². The van der Waals surface area contributed by atoms with E-state index in [-0.39, 0.29) is 10.8 Å². The maximum Gasteiger partial charge on any atom is 0.272 e. The van der Waals surface area contributed by atoms with Gasteiger partial charge in [0.25, 0.3) is 6.43 Å². The number of ether oxygens (including phenoxy) is 1. The smallest absolute Gasteiger partial charge is 0.272 e. The highest BCUT2D eigenvalue weighted by Crippen LogP contribution is 2.44. The van der Waals surface area contributed by atoms with Gasteiger partial charge in [-0.2, -0.15) is 0 Å². The summed E-state index contributed by atoms with van der Waals surface area (Å²) in [6.07, 6.45) is 1.40. The van der Waals surface area contributed by atoms with E-state index in [1.807, 2.05) is 6.07 Å². The van der Waals surface area contributed by atoms with Gasteiger partial charge in [-0.05, 0) is 58.1 Å². The quantitative estimate of drug-likeness (QED) is 0.735. The number of hydrogen-bond donors (Lipinski definition) is 1. The van der Waals surface area contributed by atoms with Crippen molar-refractivity contribution in [2.45, 2.75) is 63.7 Å². The molecule has 0 radical (unpaired) electrons. The van der Waals surface area contributed by atoms with Crippen LogP contribution < -0.4 is 9.46 Å². The second-order valence-electron chi connectivity index (χ2n) is 6.69. The molecular weight excluding hydrogens is 306 g/mol. The third kappa shape index (κ3) is 5.39. The molecule has 0 bridgehead atoms. The minimum absolute atomic E-state index is 0.126. The summed E-state index contributed by atoms with van der Waals surface area (Å²) in [5, 5.41) is 0. The summed E-state index contributed by atoms with van der Waals surface area (Å²) in [6.45, 7) is 7.91. The monoisotopic (exact) mass is 330 g/mol. The molecule has 6 heteroatoms. The zero-order valence-electron chi connectivity index (χ0n) is 13.5. The summed E-state index contributed by atoms with van der Waals surface area (Å²) < 4.78 is 33.3. The van der Waals surface area contributed by atoms with E-state index in [1.54, 1.807) is 18.1 Å². The fraction of sp³-hybridized carbons (Fsp3) is 0.688. The number of nitrogens with one attached hydrogen (secondary N) is 1. The highest BCUT2D eigenvalue weighted by atomic mass is 32.2. The second-order valence-corrected chi connectivity index (χ2v) is 8.36. The van der Waals surface area contributed by atoms with Gasteiger partial charge in [-0.25, -0.2) is 13.8 Å². The minimum Gasteiger partial charge on any atom is -0.471 e. The fourth-order valence-electron chi connectivity index (χ4n) is 2.01. The molecule has 1 heterocycles. The first-order chi connectivity index (χ1) is 10.3. The van der Waals surface area contributed by atoms with Crippen LogP contribution in [0.15, 0.2) is 12.3 Å². The number of halogens is 2. The van der Waals surface area contributed by atoms with Crippen molar-refractivity contribution in [3.8, 4) is 5.88 Å². The predicted molar refractivity (Wildman–Crippen MR) is 86.6 cm³/mol. The van der Waals surface area contributed by atoms with E-state index in [1.165, 1.54) is 0 Å². The molecule has 1 fully saturated rings. The number of pyridine rings is 1. The number of hydrogen-bond acceptors (Lipinski definition) is 4. The average molecular weight is 330 g/mol. The van der Waals surface area contributed by atoms with Crippen molar-refractivity contribution in [1.29, 1.82) is 0 Å².